The molecule has 0 aliphatic rings. The van der Waals surface area contributed by atoms with Crippen molar-refractivity contribution in [2.24, 2.45) is 0 Å². The highest BCUT2D eigenvalue weighted by molar-refractivity contribution is 7.94. The molecule has 144 valence electrons. The number of pyridine rings is 1. The van der Waals surface area contributed by atoms with Crippen molar-refractivity contribution in [1.82, 2.24) is 15.8 Å². The number of rotatable bonds is 5. The summed E-state index contributed by atoms with van der Waals surface area (Å²) in [4.78, 5) is 26.9. The molecule has 11 heteroatoms. The van der Waals surface area contributed by atoms with Gasteiger partial charge in [0.1, 0.15) is 8.85 Å². The Balaban J connectivity index is 1.62. The summed E-state index contributed by atoms with van der Waals surface area (Å²) in [5, 5.41) is 1.67. The van der Waals surface area contributed by atoms with Crippen molar-refractivity contribution in [2.75, 3.05) is 4.72 Å². The van der Waals surface area contributed by atoms with E-state index in [0.29, 0.717) is 5.69 Å². The predicted molar refractivity (Wildman–Crippen MR) is 108 cm³/mol. The lowest BCUT2D eigenvalue weighted by Gasteiger charge is -2.09. The van der Waals surface area contributed by atoms with E-state index < -0.39 is 21.8 Å². The first-order valence-corrected chi connectivity index (χ1v) is 10.6. The summed E-state index contributed by atoms with van der Waals surface area (Å²) in [6.45, 7) is 0. The Morgan fingerprint density at radius 1 is 0.964 bits per heavy atom. The van der Waals surface area contributed by atoms with E-state index in [-0.39, 0.29) is 20.0 Å². The Kier molecular flexibility index (Phi) is 5.87. The second-order valence-corrected chi connectivity index (χ2v) is 8.70. The van der Waals surface area contributed by atoms with Crippen LogP contribution in [0.15, 0.2) is 64.3 Å². The van der Waals surface area contributed by atoms with Gasteiger partial charge in [-0.3, -0.25) is 25.2 Å². The Morgan fingerprint density at radius 3 is 2.32 bits per heavy atom. The Morgan fingerprint density at radius 2 is 1.68 bits per heavy atom. The third kappa shape index (κ3) is 4.63. The molecule has 2 amide bonds. The predicted octanol–water partition coefficient (Wildman–Crippen LogP) is 2.68. The van der Waals surface area contributed by atoms with Crippen molar-refractivity contribution in [3.63, 3.8) is 0 Å². The lowest BCUT2D eigenvalue weighted by atomic mass is 10.2. The van der Waals surface area contributed by atoms with Crippen LogP contribution in [0.25, 0.3) is 0 Å². The van der Waals surface area contributed by atoms with Crippen molar-refractivity contribution in [2.45, 2.75) is 4.21 Å². The molecule has 3 rings (SSSR count). The monoisotopic (exact) mass is 434 g/mol. The van der Waals surface area contributed by atoms with E-state index in [1.54, 1.807) is 23.7 Å². The fourth-order valence-corrected chi connectivity index (χ4v) is 4.45. The number of carbonyl (C=O) groups is 2. The molecule has 0 atom stereocenters. The van der Waals surface area contributed by atoms with Crippen LogP contribution in [-0.4, -0.2) is 25.2 Å². The highest BCUT2D eigenvalue weighted by Gasteiger charge is 2.15. The molecule has 8 nitrogen and oxygen atoms in total. The van der Waals surface area contributed by atoms with Crippen LogP contribution in [0, 0.1) is 4.64 Å². The minimum Gasteiger partial charge on any atom is -0.352 e. The molecular formula is C17H14N4O4S3. The second kappa shape index (κ2) is 8.33. The van der Waals surface area contributed by atoms with E-state index in [4.69, 9.17) is 12.2 Å². The number of hydrogen-bond donors (Lipinski definition) is 4. The molecule has 0 radical (unpaired) electrons. The van der Waals surface area contributed by atoms with Gasteiger partial charge in [0.15, 0.2) is 0 Å². The molecule has 0 fully saturated rings. The van der Waals surface area contributed by atoms with E-state index >= 15 is 0 Å². The normalized spacial score (nSPS) is 10.9. The minimum atomic E-state index is -3.66. The van der Waals surface area contributed by atoms with Crippen LogP contribution in [0.5, 0.6) is 0 Å². The summed E-state index contributed by atoms with van der Waals surface area (Å²) in [5.74, 6) is -1.12. The van der Waals surface area contributed by atoms with E-state index in [9.17, 15) is 18.0 Å². The van der Waals surface area contributed by atoms with Crippen molar-refractivity contribution in [1.29, 1.82) is 0 Å². The molecule has 0 aliphatic carbocycles. The smallest absolute Gasteiger partial charge is 0.272 e. The zero-order valence-corrected chi connectivity index (χ0v) is 16.6. The molecule has 0 saturated carbocycles. The standard InChI is InChI=1S/C17H14N4O4S3/c22-15(19-20-16(23)13-3-1-9-18-17(13)26)11-5-7-12(8-6-11)21-28(24,25)14-4-2-10-27-14/h1-10,21H,(H,18,26)(H,19,22)(H,20,23). The Hall–Kier alpha value is -3.02. The number of thiophene rings is 1. The molecular weight excluding hydrogens is 420 g/mol. The first kappa shape index (κ1) is 19.7. The number of hydrogen-bond acceptors (Lipinski definition) is 6. The van der Waals surface area contributed by atoms with Gasteiger partial charge in [-0.15, -0.1) is 11.3 Å². The number of benzene rings is 1. The molecule has 0 spiro atoms. The highest BCUT2D eigenvalue weighted by atomic mass is 32.2. The van der Waals surface area contributed by atoms with Crippen LogP contribution >= 0.6 is 23.6 Å². The summed E-state index contributed by atoms with van der Waals surface area (Å²) in [6, 6.07) is 12.0. The van der Waals surface area contributed by atoms with Crippen LogP contribution in [0.4, 0.5) is 5.69 Å². The fraction of sp³-hybridized carbons (Fsp3) is 0. The lowest BCUT2D eigenvalue weighted by molar-refractivity contribution is 0.0846. The van der Waals surface area contributed by atoms with Gasteiger partial charge in [-0.1, -0.05) is 18.3 Å². The second-order valence-electron chi connectivity index (χ2n) is 5.44. The molecule has 0 saturated heterocycles. The summed E-state index contributed by atoms with van der Waals surface area (Å²) >= 11 is 6.11. The van der Waals surface area contributed by atoms with Gasteiger partial charge in [0.25, 0.3) is 21.8 Å². The Bertz CT molecular complexity index is 1150. The third-order valence-corrected chi connectivity index (χ3v) is 6.63. The number of aromatic nitrogens is 1. The topological polar surface area (TPSA) is 120 Å². The average Bonchev–Trinajstić information content (AvgIpc) is 3.22. The Labute approximate surface area is 169 Å². The number of hydrazine groups is 1. The molecule has 3 aromatic rings. The summed E-state index contributed by atoms with van der Waals surface area (Å²) in [5.41, 5.74) is 5.32. The molecule has 0 bridgehead atoms. The van der Waals surface area contributed by atoms with Gasteiger partial charge in [-0.2, -0.15) is 0 Å². The first-order valence-electron chi connectivity index (χ1n) is 7.81. The maximum Gasteiger partial charge on any atom is 0.272 e. The molecule has 28 heavy (non-hydrogen) atoms. The van der Waals surface area contributed by atoms with Gasteiger partial charge >= 0.3 is 0 Å². The number of sulfonamides is 1. The third-order valence-electron chi connectivity index (χ3n) is 3.51. The lowest BCUT2D eigenvalue weighted by Crippen LogP contribution is -2.41. The SMILES string of the molecule is O=C(NNC(=O)c1ccc[nH]c1=S)c1ccc(NS(=O)(=O)c2cccs2)cc1. The van der Waals surface area contributed by atoms with E-state index in [1.807, 2.05) is 0 Å². The fourth-order valence-electron chi connectivity index (χ4n) is 2.16. The van der Waals surface area contributed by atoms with Crippen LogP contribution in [0.3, 0.4) is 0 Å². The van der Waals surface area contributed by atoms with E-state index in [0.717, 1.165) is 11.3 Å². The van der Waals surface area contributed by atoms with Crippen molar-refractivity contribution < 1.29 is 18.0 Å². The van der Waals surface area contributed by atoms with Gasteiger partial charge in [0.05, 0.1) is 5.56 Å². The molecule has 2 heterocycles. The number of H-pyrrole nitrogens is 1. The number of carbonyl (C=O) groups excluding carboxylic acids is 2. The summed E-state index contributed by atoms with van der Waals surface area (Å²) in [6.07, 6.45) is 1.59. The molecule has 0 unspecified atom stereocenters. The van der Waals surface area contributed by atoms with Gasteiger partial charge in [-0.05, 0) is 47.8 Å². The number of anilines is 1. The van der Waals surface area contributed by atoms with Crippen LogP contribution in [0.1, 0.15) is 20.7 Å². The zero-order chi connectivity index (χ0) is 20.1. The van der Waals surface area contributed by atoms with Crippen LogP contribution in [0.2, 0.25) is 0 Å². The number of amides is 2. The van der Waals surface area contributed by atoms with E-state index in [2.05, 4.69) is 20.6 Å². The molecule has 4 N–H and O–H groups in total. The van der Waals surface area contributed by atoms with Crippen LogP contribution in [-0.2, 0) is 10.0 Å². The molecule has 0 aliphatic heterocycles. The first-order chi connectivity index (χ1) is 13.4. The zero-order valence-electron chi connectivity index (χ0n) is 14.1. The van der Waals surface area contributed by atoms with Crippen molar-refractivity contribution in [3.05, 3.63) is 75.9 Å². The van der Waals surface area contributed by atoms with Gasteiger partial charge in [0, 0.05) is 17.4 Å². The summed E-state index contributed by atoms with van der Waals surface area (Å²) < 4.78 is 27.2. The largest absolute Gasteiger partial charge is 0.352 e. The maximum atomic E-state index is 12.2. The number of nitrogens with one attached hydrogen (secondary N) is 4. The van der Waals surface area contributed by atoms with Crippen molar-refractivity contribution in [3.8, 4) is 0 Å². The van der Waals surface area contributed by atoms with Crippen molar-refractivity contribution >= 4 is 51.1 Å². The quantitative estimate of drug-likeness (QED) is 0.364. The number of aromatic amines is 1. The maximum absolute atomic E-state index is 12.2. The molecule has 1 aromatic carbocycles. The summed E-state index contributed by atoms with van der Waals surface area (Å²) in [7, 11) is -3.66. The average molecular weight is 435 g/mol. The van der Waals surface area contributed by atoms with Gasteiger partial charge in [-0.25, -0.2) is 8.42 Å². The molecule has 2 aromatic heterocycles. The van der Waals surface area contributed by atoms with Gasteiger partial charge < -0.3 is 4.98 Å². The minimum absolute atomic E-state index is 0.191. The van der Waals surface area contributed by atoms with Crippen LogP contribution < -0.4 is 15.6 Å². The van der Waals surface area contributed by atoms with E-state index in [1.165, 1.54) is 36.4 Å². The highest BCUT2D eigenvalue weighted by Crippen LogP contribution is 2.20. The van der Waals surface area contributed by atoms with Gasteiger partial charge in [0.2, 0.25) is 0 Å².